The molecule has 0 saturated heterocycles. The molecule has 2 saturated carbocycles. The summed E-state index contributed by atoms with van der Waals surface area (Å²) in [5.41, 5.74) is 6.32. The van der Waals surface area contributed by atoms with Gasteiger partial charge in [-0.1, -0.05) is 24.3 Å². The van der Waals surface area contributed by atoms with Crippen molar-refractivity contribution in [2.75, 3.05) is 0 Å². The molecule has 0 spiro atoms. The van der Waals surface area contributed by atoms with E-state index in [0.29, 0.717) is 6.04 Å². The molecule has 1 aromatic carbocycles. The van der Waals surface area contributed by atoms with Gasteiger partial charge in [0, 0.05) is 6.04 Å². The fourth-order valence-corrected chi connectivity index (χ4v) is 4.13. The number of benzene rings is 1. The summed E-state index contributed by atoms with van der Waals surface area (Å²) in [4.78, 5) is 0. The number of hydrogen-bond acceptors (Lipinski definition) is 2. The summed E-state index contributed by atoms with van der Waals surface area (Å²) in [5, 5.41) is 0. The van der Waals surface area contributed by atoms with Crippen molar-refractivity contribution in [3.63, 3.8) is 0 Å². The van der Waals surface area contributed by atoms with E-state index in [2.05, 4.69) is 29.7 Å². The normalized spacial score (nSPS) is 35.9. The fraction of sp³-hybridized carbons (Fsp3) is 0.600. The molecule has 0 radical (unpaired) electrons. The minimum atomic E-state index is 0.580. The summed E-state index contributed by atoms with van der Waals surface area (Å²) in [5.74, 6) is 9.17. The third kappa shape index (κ3) is 1.47. The summed E-state index contributed by atoms with van der Waals surface area (Å²) in [7, 11) is 0. The molecule has 0 aromatic heterocycles. The lowest BCUT2D eigenvalue weighted by Crippen LogP contribution is -2.39. The van der Waals surface area contributed by atoms with Crippen molar-refractivity contribution in [2.24, 2.45) is 23.6 Å². The number of hydrogen-bond donors (Lipinski definition) is 2. The number of fused-ring (bicyclic) bond motifs is 3. The standard InChI is InChI=1S/C15H20N2/c16-17-15(10-5-6-10)14-12-8-7-9-3-1-2-4-11(9)13(12)14/h1-4,10,12-15,17H,5-8,16H2. The van der Waals surface area contributed by atoms with Crippen LogP contribution in [0.1, 0.15) is 36.3 Å². The molecule has 4 rings (SSSR count). The zero-order chi connectivity index (χ0) is 11.4. The van der Waals surface area contributed by atoms with Crippen molar-refractivity contribution >= 4 is 0 Å². The summed E-state index contributed by atoms with van der Waals surface area (Å²) in [6, 6.07) is 9.60. The van der Waals surface area contributed by atoms with Crippen LogP contribution in [-0.4, -0.2) is 6.04 Å². The van der Waals surface area contributed by atoms with Crippen LogP contribution in [0, 0.1) is 17.8 Å². The van der Waals surface area contributed by atoms with Crippen LogP contribution in [0.25, 0.3) is 0 Å². The largest absolute Gasteiger partial charge is 0.271 e. The van der Waals surface area contributed by atoms with E-state index in [-0.39, 0.29) is 0 Å². The number of rotatable bonds is 3. The maximum Gasteiger partial charge on any atom is 0.0275 e. The van der Waals surface area contributed by atoms with E-state index in [1.54, 1.807) is 11.1 Å². The second-order valence-corrected chi connectivity index (χ2v) is 6.03. The van der Waals surface area contributed by atoms with Gasteiger partial charge in [-0.3, -0.25) is 11.3 Å². The number of aryl methyl sites for hydroxylation is 1. The lowest BCUT2D eigenvalue weighted by atomic mass is 9.92. The minimum Gasteiger partial charge on any atom is -0.271 e. The molecule has 3 aliphatic rings. The van der Waals surface area contributed by atoms with E-state index in [1.807, 2.05) is 0 Å². The average Bonchev–Trinajstić information content (AvgIpc) is 3.25. The third-order valence-corrected chi connectivity index (χ3v) is 5.13. The molecule has 0 amide bonds. The van der Waals surface area contributed by atoms with Gasteiger partial charge in [-0.15, -0.1) is 0 Å². The SMILES string of the molecule is NNC(C1CC1)C1C2CCc3ccccc3C21. The highest BCUT2D eigenvalue weighted by atomic mass is 15.2. The van der Waals surface area contributed by atoms with E-state index >= 15 is 0 Å². The highest BCUT2D eigenvalue weighted by Gasteiger charge is 2.58. The second-order valence-electron chi connectivity index (χ2n) is 6.03. The molecule has 0 heterocycles. The van der Waals surface area contributed by atoms with Crippen LogP contribution in [0.15, 0.2) is 24.3 Å². The van der Waals surface area contributed by atoms with Gasteiger partial charge in [0.05, 0.1) is 0 Å². The molecular formula is C15H20N2. The van der Waals surface area contributed by atoms with E-state index in [1.165, 1.54) is 25.7 Å². The topological polar surface area (TPSA) is 38.0 Å². The first-order valence-corrected chi connectivity index (χ1v) is 6.94. The Kier molecular flexibility index (Phi) is 2.12. The zero-order valence-corrected chi connectivity index (χ0v) is 10.1. The predicted molar refractivity (Wildman–Crippen MR) is 68.3 cm³/mol. The Morgan fingerprint density at radius 2 is 2.00 bits per heavy atom. The quantitative estimate of drug-likeness (QED) is 0.615. The number of hydrazine groups is 1. The second kappa shape index (κ2) is 3.56. The molecule has 0 aliphatic heterocycles. The Bertz CT molecular complexity index is 438. The molecular weight excluding hydrogens is 208 g/mol. The van der Waals surface area contributed by atoms with Gasteiger partial charge >= 0.3 is 0 Å². The highest BCUT2D eigenvalue weighted by Crippen LogP contribution is 2.63. The van der Waals surface area contributed by atoms with E-state index in [9.17, 15) is 0 Å². The van der Waals surface area contributed by atoms with E-state index in [4.69, 9.17) is 5.84 Å². The molecule has 3 N–H and O–H groups in total. The Hall–Kier alpha value is -0.860. The molecule has 4 unspecified atom stereocenters. The van der Waals surface area contributed by atoms with Crippen LogP contribution in [0.5, 0.6) is 0 Å². The molecule has 17 heavy (non-hydrogen) atoms. The Balaban J connectivity index is 1.63. The van der Waals surface area contributed by atoms with E-state index < -0.39 is 0 Å². The van der Waals surface area contributed by atoms with Crippen molar-refractivity contribution in [1.29, 1.82) is 0 Å². The summed E-state index contributed by atoms with van der Waals surface area (Å²) in [6.07, 6.45) is 5.41. The zero-order valence-electron chi connectivity index (χ0n) is 10.1. The highest BCUT2D eigenvalue weighted by molar-refractivity contribution is 5.40. The van der Waals surface area contributed by atoms with Crippen LogP contribution < -0.4 is 11.3 Å². The van der Waals surface area contributed by atoms with Gasteiger partial charge in [-0.05, 0) is 60.5 Å². The molecule has 1 aromatic rings. The Morgan fingerprint density at radius 1 is 1.18 bits per heavy atom. The van der Waals surface area contributed by atoms with Crippen molar-refractivity contribution in [3.05, 3.63) is 35.4 Å². The Labute approximate surface area is 103 Å². The van der Waals surface area contributed by atoms with Gasteiger partial charge in [-0.2, -0.15) is 0 Å². The van der Waals surface area contributed by atoms with E-state index in [0.717, 1.165) is 23.7 Å². The van der Waals surface area contributed by atoms with Gasteiger partial charge in [0.1, 0.15) is 0 Å². The minimum absolute atomic E-state index is 0.580. The van der Waals surface area contributed by atoms with Gasteiger partial charge in [0.2, 0.25) is 0 Å². The molecule has 2 fully saturated rings. The smallest absolute Gasteiger partial charge is 0.0275 e. The van der Waals surface area contributed by atoms with Crippen LogP contribution >= 0.6 is 0 Å². The molecule has 90 valence electrons. The molecule has 3 aliphatic carbocycles. The lowest BCUT2D eigenvalue weighted by Gasteiger charge is -2.15. The Morgan fingerprint density at radius 3 is 2.76 bits per heavy atom. The lowest BCUT2D eigenvalue weighted by molar-refractivity contribution is 0.401. The summed E-state index contributed by atoms with van der Waals surface area (Å²) in [6.45, 7) is 0. The third-order valence-electron chi connectivity index (χ3n) is 5.13. The van der Waals surface area contributed by atoms with Crippen molar-refractivity contribution in [2.45, 2.75) is 37.6 Å². The summed E-state index contributed by atoms with van der Waals surface area (Å²) < 4.78 is 0. The fourth-order valence-electron chi connectivity index (χ4n) is 4.13. The maximum atomic E-state index is 5.78. The maximum absolute atomic E-state index is 5.78. The van der Waals surface area contributed by atoms with Crippen LogP contribution in [0.2, 0.25) is 0 Å². The molecule has 0 bridgehead atoms. The first-order chi connectivity index (χ1) is 8.40. The van der Waals surface area contributed by atoms with Gasteiger partial charge < -0.3 is 0 Å². The number of nitrogens with one attached hydrogen (secondary N) is 1. The number of nitrogens with two attached hydrogens (primary N) is 1. The van der Waals surface area contributed by atoms with Gasteiger partial charge in [0.15, 0.2) is 0 Å². The van der Waals surface area contributed by atoms with Crippen molar-refractivity contribution < 1.29 is 0 Å². The first kappa shape index (κ1) is 10.1. The van der Waals surface area contributed by atoms with Crippen LogP contribution in [0.4, 0.5) is 0 Å². The molecule has 2 heteroatoms. The predicted octanol–water partition coefficient (Wildman–Crippen LogP) is 2.20. The van der Waals surface area contributed by atoms with Crippen LogP contribution in [0.3, 0.4) is 0 Å². The van der Waals surface area contributed by atoms with Crippen molar-refractivity contribution in [3.8, 4) is 0 Å². The monoisotopic (exact) mass is 228 g/mol. The summed E-state index contributed by atoms with van der Waals surface area (Å²) >= 11 is 0. The first-order valence-electron chi connectivity index (χ1n) is 6.94. The van der Waals surface area contributed by atoms with Gasteiger partial charge in [-0.25, -0.2) is 0 Å². The molecule has 4 atom stereocenters. The average molecular weight is 228 g/mol. The molecule has 2 nitrogen and oxygen atoms in total. The van der Waals surface area contributed by atoms with Crippen molar-refractivity contribution in [1.82, 2.24) is 5.43 Å². The van der Waals surface area contributed by atoms with Gasteiger partial charge in [0.25, 0.3) is 0 Å². The van der Waals surface area contributed by atoms with Crippen LogP contribution in [-0.2, 0) is 6.42 Å².